The summed E-state index contributed by atoms with van der Waals surface area (Å²) in [5, 5.41) is 20.4. The standard InChI is InChI=1S/C19H19N3O2/c23-19(15-8-3-1-4-9-15,16-10-5-2-6-11-16)18-17-14-24-13-7-12-22(17)21-20-18/h1-6,8-11,23H,7,12-14H2. The van der Waals surface area contributed by atoms with Crippen molar-refractivity contribution in [2.24, 2.45) is 0 Å². The van der Waals surface area contributed by atoms with Crippen LogP contribution in [-0.2, 0) is 23.5 Å². The average Bonchev–Trinajstić information content (AvgIpc) is 2.91. The zero-order valence-electron chi connectivity index (χ0n) is 13.3. The lowest BCUT2D eigenvalue weighted by Gasteiger charge is -2.28. The van der Waals surface area contributed by atoms with Gasteiger partial charge in [-0.3, -0.25) is 0 Å². The van der Waals surface area contributed by atoms with E-state index in [1.54, 1.807) is 0 Å². The monoisotopic (exact) mass is 321 g/mol. The first kappa shape index (κ1) is 15.1. The fraction of sp³-hybridized carbons (Fsp3) is 0.263. The molecule has 0 atom stereocenters. The van der Waals surface area contributed by atoms with Crippen molar-refractivity contribution in [1.29, 1.82) is 0 Å². The SMILES string of the molecule is OC(c1ccccc1)(c1ccccc1)c1nnn2c1COCCC2. The Balaban J connectivity index is 1.93. The van der Waals surface area contributed by atoms with Gasteiger partial charge in [0.1, 0.15) is 5.69 Å². The highest BCUT2D eigenvalue weighted by Gasteiger charge is 2.39. The number of aryl methyl sites for hydroxylation is 1. The summed E-state index contributed by atoms with van der Waals surface area (Å²) in [6.45, 7) is 1.85. The molecule has 5 nitrogen and oxygen atoms in total. The lowest BCUT2D eigenvalue weighted by Crippen LogP contribution is -2.31. The first-order valence-corrected chi connectivity index (χ1v) is 8.14. The first-order valence-electron chi connectivity index (χ1n) is 8.14. The zero-order chi connectivity index (χ0) is 16.4. The molecular weight excluding hydrogens is 302 g/mol. The molecule has 0 saturated heterocycles. The van der Waals surface area contributed by atoms with Crippen LogP contribution in [0.1, 0.15) is 28.9 Å². The van der Waals surface area contributed by atoms with Crippen LogP contribution in [0.5, 0.6) is 0 Å². The quantitative estimate of drug-likeness (QED) is 0.805. The fourth-order valence-corrected chi connectivity index (χ4v) is 3.22. The molecule has 2 heterocycles. The van der Waals surface area contributed by atoms with Gasteiger partial charge in [-0.1, -0.05) is 65.9 Å². The van der Waals surface area contributed by atoms with E-state index in [1.165, 1.54) is 0 Å². The maximum absolute atomic E-state index is 11.8. The van der Waals surface area contributed by atoms with E-state index in [2.05, 4.69) is 10.3 Å². The number of aliphatic hydroxyl groups is 1. The van der Waals surface area contributed by atoms with Gasteiger partial charge in [0.25, 0.3) is 0 Å². The van der Waals surface area contributed by atoms with E-state index in [4.69, 9.17) is 4.74 Å². The van der Waals surface area contributed by atoms with Crippen LogP contribution < -0.4 is 0 Å². The second kappa shape index (κ2) is 6.19. The molecule has 122 valence electrons. The van der Waals surface area contributed by atoms with Crippen molar-refractivity contribution in [3.63, 3.8) is 0 Å². The molecule has 0 fully saturated rings. The minimum atomic E-state index is -1.36. The lowest BCUT2D eigenvalue weighted by molar-refractivity contribution is 0.104. The summed E-state index contributed by atoms with van der Waals surface area (Å²) < 4.78 is 7.52. The second-order valence-electron chi connectivity index (χ2n) is 5.96. The molecule has 2 aromatic carbocycles. The van der Waals surface area contributed by atoms with Crippen molar-refractivity contribution in [3.05, 3.63) is 83.2 Å². The van der Waals surface area contributed by atoms with Crippen molar-refractivity contribution in [2.45, 2.75) is 25.2 Å². The second-order valence-corrected chi connectivity index (χ2v) is 5.96. The van der Waals surface area contributed by atoms with Crippen LogP contribution in [0, 0.1) is 0 Å². The molecule has 0 saturated carbocycles. The largest absolute Gasteiger partial charge is 0.375 e. The summed E-state index contributed by atoms with van der Waals surface area (Å²) in [4.78, 5) is 0. The maximum atomic E-state index is 11.8. The number of nitrogens with zero attached hydrogens (tertiary/aromatic N) is 3. The van der Waals surface area contributed by atoms with Gasteiger partial charge in [-0.15, -0.1) is 5.10 Å². The van der Waals surface area contributed by atoms with Crippen LogP contribution >= 0.6 is 0 Å². The minimum Gasteiger partial charge on any atom is -0.375 e. The molecule has 1 aliphatic heterocycles. The topological polar surface area (TPSA) is 60.2 Å². The molecule has 3 aromatic rings. The third-order valence-electron chi connectivity index (χ3n) is 4.46. The molecule has 5 heteroatoms. The molecule has 1 aromatic heterocycles. The normalized spacial score (nSPS) is 14.9. The Labute approximate surface area is 140 Å². The maximum Gasteiger partial charge on any atom is 0.161 e. The molecule has 0 spiro atoms. The number of hydrogen-bond acceptors (Lipinski definition) is 4. The highest BCUT2D eigenvalue weighted by atomic mass is 16.5. The molecule has 4 rings (SSSR count). The fourth-order valence-electron chi connectivity index (χ4n) is 3.22. The molecule has 1 aliphatic rings. The summed E-state index contributed by atoms with van der Waals surface area (Å²) in [5.74, 6) is 0. The van der Waals surface area contributed by atoms with Gasteiger partial charge in [0.05, 0.1) is 12.3 Å². The van der Waals surface area contributed by atoms with Crippen molar-refractivity contribution in [1.82, 2.24) is 15.0 Å². The van der Waals surface area contributed by atoms with E-state index in [0.717, 1.165) is 29.8 Å². The van der Waals surface area contributed by atoms with Crippen LogP contribution in [0.15, 0.2) is 60.7 Å². The molecule has 0 radical (unpaired) electrons. The Morgan fingerprint density at radius 1 is 0.958 bits per heavy atom. The van der Waals surface area contributed by atoms with Crippen LogP contribution in [0.25, 0.3) is 0 Å². The molecule has 0 bridgehead atoms. The highest BCUT2D eigenvalue weighted by Crippen LogP contribution is 2.37. The van der Waals surface area contributed by atoms with Gasteiger partial charge in [0.15, 0.2) is 5.60 Å². The average molecular weight is 321 g/mol. The number of benzene rings is 2. The zero-order valence-corrected chi connectivity index (χ0v) is 13.3. The molecular formula is C19H19N3O2. The van der Waals surface area contributed by atoms with Gasteiger partial charge in [0.2, 0.25) is 0 Å². The van der Waals surface area contributed by atoms with Crippen LogP contribution in [0.2, 0.25) is 0 Å². The Kier molecular flexibility index (Phi) is 3.88. The minimum absolute atomic E-state index is 0.407. The summed E-state index contributed by atoms with van der Waals surface area (Å²) in [6.07, 6.45) is 0.894. The van der Waals surface area contributed by atoms with Crippen LogP contribution in [-0.4, -0.2) is 26.7 Å². The third-order valence-corrected chi connectivity index (χ3v) is 4.46. The van der Waals surface area contributed by atoms with Gasteiger partial charge < -0.3 is 9.84 Å². The number of hydrogen-bond donors (Lipinski definition) is 1. The Hall–Kier alpha value is -2.50. The van der Waals surface area contributed by atoms with E-state index in [0.29, 0.717) is 18.9 Å². The number of rotatable bonds is 3. The van der Waals surface area contributed by atoms with Crippen LogP contribution in [0.4, 0.5) is 0 Å². The number of fused-ring (bicyclic) bond motifs is 1. The van der Waals surface area contributed by atoms with Gasteiger partial charge in [-0.2, -0.15) is 0 Å². The molecule has 0 unspecified atom stereocenters. The third kappa shape index (κ3) is 2.42. The molecule has 1 N–H and O–H groups in total. The van der Waals surface area contributed by atoms with Crippen molar-refractivity contribution in [3.8, 4) is 0 Å². The van der Waals surface area contributed by atoms with Gasteiger partial charge in [-0.25, -0.2) is 4.68 Å². The van der Waals surface area contributed by atoms with Crippen molar-refractivity contribution in [2.75, 3.05) is 6.61 Å². The summed E-state index contributed by atoms with van der Waals surface area (Å²) in [6, 6.07) is 19.2. The van der Waals surface area contributed by atoms with E-state index in [1.807, 2.05) is 65.3 Å². The van der Waals surface area contributed by atoms with E-state index < -0.39 is 5.60 Å². The predicted molar refractivity (Wildman–Crippen MR) is 89.3 cm³/mol. The van der Waals surface area contributed by atoms with Crippen molar-refractivity contribution < 1.29 is 9.84 Å². The Morgan fingerprint density at radius 2 is 1.58 bits per heavy atom. The smallest absolute Gasteiger partial charge is 0.161 e. The summed E-state index contributed by atoms with van der Waals surface area (Å²) >= 11 is 0. The predicted octanol–water partition coefficient (Wildman–Crippen LogP) is 2.48. The van der Waals surface area contributed by atoms with Gasteiger partial charge >= 0.3 is 0 Å². The van der Waals surface area contributed by atoms with Crippen LogP contribution in [0.3, 0.4) is 0 Å². The molecule has 24 heavy (non-hydrogen) atoms. The highest BCUT2D eigenvalue weighted by molar-refractivity contribution is 5.45. The summed E-state index contributed by atoms with van der Waals surface area (Å²) in [7, 11) is 0. The first-order chi connectivity index (χ1) is 11.8. The van der Waals surface area contributed by atoms with Gasteiger partial charge in [-0.05, 0) is 17.5 Å². The molecule has 0 amide bonds. The van der Waals surface area contributed by atoms with Crippen molar-refractivity contribution >= 4 is 0 Å². The van der Waals surface area contributed by atoms with Gasteiger partial charge in [0, 0.05) is 13.2 Å². The van der Waals surface area contributed by atoms with E-state index in [-0.39, 0.29) is 0 Å². The Morgan fingerprint density at radius 3 is 2.21 bits per heavy atom. The van der Waals surface area contributed by atoms with E-state index in [9.17, 15) is 5.11 Å². The number of ether oxygens (including phenoxy) is 1. The Bertz CT molecular complexity index is 776. The van der Waals surface area contributed by atoms with E-state index >= 15 is 0 Å². The summed E-state index contributed by atoms with van der Waals surface area (Å²) in [5.41, 5.74) is 1.56. The number of aromatic nitrogens is 3. The lowest BCUT2D eigenvalue weighted by atomic mass is 9.82. The molecule has 0 aliphatic carbocycles.